The molecule has 0 saturated heterocycles. The van der Waals surface area contributed by atoms with Crippen molar-refractivity contribution in [1.29, 1.82) is 0 Å². The summed E-state index contributed by atoms with van der Waals surface area (Å²) < 4.78 is 5.03. The topological polar surface area (TPSA) is 33.6 Å². The van der Waals surface area contributed by atoms with Crippen LogP contribution in [0.5, 0.6) is 5.75 Å². The lowest BCUT2D eigenvalue weighted by atomic mass is 10.3. The van der Waals surface area contributed by atoms with E-state index in [4.69, 9.17) is 4.74 Å². The molecule has 14 heavy (non-hydrogen) atoms. The fraction of sp³-hybridized carbons (Fsp3) is 0.182. The first kappa shape index (κ1) is 10.3. The quantitative estimate of drug-likeness (QED) is 0.585. The minimum Gasteiger partial charge on any atom is -0.497 e. The van der Waals surface area contributed by atoms with Crippen LogP contribution in [0.25, 0.3) is 0 Å². The van der Waals surface area contributed by atoms with Gasteiger partial charge >= 0.3 is 0 Å². The Balaban J connectivity index is 2.51. The predicted molar refractivity (Wildman–Crippen MR) is 59.9 cm³/mol. The number of hydrogen-bond acceptors (Lipinski definition) is 3. The molecule has 3 nitrogen and oxygen atoms in total. The van der Waals surface area contributed by atoms with Crippen LogP contribution in [0, 0.1) is 0 Å². The van der Waals surface area contributed by atoms with Crippen molar-refractivity contribution in [2.75, 3.05) is 12.5 Å². The normalized spacial score (nSPS) is 11.0. The van der Waals surface area contributed by atoms with E-state index in [9.17, 15) is 0 Å². The minimum atomic E-state index is 0.841. The second-order valence-electron chi connectivity index (χ2n) is 2.64. The van der Waals surface area contributed by atoms with Gasteiger partial charge in [-0.15, -0.1) is 0 Å². The van der Waals surface area contributed by atoms with Crippen LogP contribution in [0.2, 0.25) is 0 Å². The van der Waals surface area contributed by atoms with Crippen molar-refractivity contribution in [3.05, 3.63) is 36.4 Å². The highest BCUT2D eigenvalue weighted by atomic mass is 16.5. The molecule has 1 N–H and O–H groups in total. The average molecular weight is 190 g/mol. The SMILES string of the molecule is C/C=C/C=N/Nc1ccc(OC)cc1. The highest BCUT2D eigenvalue weighted by Crippen LogP contribution is 2.14. The molecule has 0 aromatic heterocycles. The molecule has 0 atom stereocenters. The zero-order valence-corrected chi connectivity index (χ0v) is 8.40. The lowest BCUT2D eigenvalue weighted by Crippen LogP contribution is -1.88. The van der Waals surface area contributed by atoms with Crippen LogP contribution in [0.1, 0.15) is 6.92 Å². The Morgan fingerprint density at radius 3 is 2.57 bits per heavy atom. The van der Waals surface area contributed by atoms with Crippen molar-refractivity contribution in [3.8, 4) is 5.75 Å². The first-order valence-electron chi connectivity index (χ1n) is 4.41. The molecule has 1 rings (SSSR count). The van der Waals surface area contributed by atoms with Crippen LogP contribution >= 0.6 is 0 Å². The number of nitrogens with zero attached hydrogens (tertiary/aromatic N) is 1. The second-order valence-corrected chi connectivity index (χ2v) is 2.64. The van der Waals surface area contributed by atoms with Crippen LogP contribution in [-0.4, -0.2) is 13.3 Å². The fourth-order valence-corrected chi connectivity index (χ4v) is 0.906. The zero-order chi connectivity index (χ0) is 10.2. The van der Waals surface area contributed by atoms with E-state index in [0.29, 0.717) is 0 Å². The number of methoxy groups -OCH3 is 1. The van der Waals surface area contributed by atoms with Gasteiger partial charge < -0.3 is 4.74 Å². The Morgan fingerprint density at radius 1 is 1.29 bits per heavy atom. The molecule has 74 valence electrons. The van der Waals surface area contributed by atoms with Gasteiger partial charge in [-0.1, -0.05) is 6.08 Å². The van der Waals surface area contributed by atoms with Gasteiger partial charge in [-0.3, -0.25) is 5.43 Å². The maximum absolute atomic E-state index is 5.03. The number of hydrogen-bond donors (Lipinski definition) is 1. The number of rotatable bonds is 4. The van der Waals surface area contributed by atoms with Crippen molar-refractivity contribution in [3.63, 3.8) is 0 Å². The minimum absolute atomic E-state index is 0.841. The van der Waals surface area contributed by atoms with Crippen LogP contribution in [0.4, 0.5) is 5.69 Å². The summed E-state index contributed by atoms with van der Waals surface area (Å²) in [4.78, 5) is 0. The van der Waals surface area contributed by atoms with Gasteiger partial charge in [-0.25, -0.2) is 0 Å². The van der Waals surface area contributed by atoms with E-state index in [0.717, 1.165) is 11.4 Å². The van der Waals surface area contributed by atoms with E-state index in [-0.39, 0.29) is 0 Å². The summed E-state index contributed by atoms with van der Waals surface area (Å²) in [5.74, 6) is 0.841. The summed E-state index contributed by atoms with van der Waals surface area (Å²) in [5, 5.41) is 3.98. The maximum Gasteiger partial charge on any atom is 0.119 e. The Kier molecular flexibility index (Phi) is 4.27. The molecule has 0 unspecified atom stereocenters. The molecule has 1 aromatic rings. The van der Waals surface area contributed by atoms with Crippen LogP contribution in [-0.2, 0) is 0 Å². The first-order valence-corrected chi connectivity index (χ1v) is 4.41. The predicted octanol–water partition coefficient (Wildman–Crippen LogP) is 2.67. The van der Waals surface area contributed by atoms with Gasteiger partial charge in [-0.2, -0.15) is 5.10 Å². The summed E-state index contributed by atoms with van der Waals surface area (Å²) in [5.41, 5.74) is 3.83. The summed E-state index contributed by atoms with van der Waals surface area (Å²) >= 11 is 0. The third-order valence-corrected chi connectivity index (χ3v) is 1.64. The molecule has 1 aromatic carbocycles. The van der Waals surface area contributed by atoms with Gasteiger partial charge in [0.05, 0.1) is 12.8 Å². The maximum atomic E-state index is 5.03. The first-order chi connectivity index (χ1) is 6.86. The number of allylic oxidation sites excluding steroid dienone is 2. The Bertz CT molecular complexity index is 315. The highest BCUT2D eigenvalue weighted by molar-refractivity contribution is 5.71. The Morgan fingerprint density at radius 2 is 2.00 bits per heavy atom. The smallest absolute Gasteiger partial charge is 0.119 e. The standard InChI is InChI=1S/C11H14N2O/c1-3-4-9-12-13-10-5-7-11(14-2)8-6-10/h3-9,13H,1-2H3/b4-3+,12-9+. The van der Waals surface area contributed by atoms with E-state index in [1.54, 1.807) is 13.3 Å². The molecule has 0 fully saturated rings. The number of nitrogens with one attached hydrogen (secondary N) is 1. The largest absolute Gasteiger partial charge is 0.497 e. The molecule has 0 spiro atoms. The molecule has 3 heteroatoms. The van der Waals surface area contributed by atoms with Gasteiger partial charge in [-0.05, 0) is 37.3 Å². The van der Waals surface area contributed by atoms with E-state index in [1.165, 1.54) is 0 Å². The molecule has 0 amide bonds. The van der Waals surface area contributed by atoms with Crippen molar-refractivity contribution in [1.82, 2.24) is 0 Å². The summed E-state index contributed by atoms with van der Waals surface area (Å²) in [7, 11) is 1.65. The van der Waals surface area contributed by atoms with E-state index < -0.39 is 0 Å². The molecule has 0 aliphatic rings. The number of hydrazone groups is 1. The molecule has 0 saturated carbocycles. The van der Waals surface area contributed by atoms with Gasteiger partial charge in [0.25, 0.3) is 0 Å². The molecule has 0 aliphatic heterocycles. The number of anilines is 1. The van der Waals surface area contributed by atoms with Gasteiger partial charge in [0.2, 0.25) is 0 Å². The van der Waals surface area contributed by atoms with Crippen LogP contribution in [0.15, 0.2) is 41.5 Å². The molecular formula is C11H14N2O. The lowest BCUT2D eigenvalue weighted by Gasteiger charge is -2.01. The van der Waals surface area contributed by atoms with Crippen LogP contribution < -0.4 is 10.2 Å². The summed E-state index contributed by atoms with van der Waals surface area (Å²) in [6, 6.07) is 7.58. The number of benzene rings is 1. The summed E-state index contributed by atoms with van der Waals surface area (Å²) in [6.07, 6.45) is 5.47. The van der Waals surface area contributed by atoms with Crippen molar-refractivity contribution in [2.24, 2.45) is 5.10 Å². The third kappa shape index (κ3) is 3.31. The van der Waals surface area contributed by atoms with Crippen molar-refractivity contribution >= 4 is 11.9 Å². The fourth-order valence-electron chi connectivity index (χ4n) is 0.906. The van der Waals surface area contributed by atoms with Crippen molar-refractivity contribution < 1.29 is 4.74 Å². The van der Waals surface area contributed by atoms with Gasteiger partial charge in [0.15, 0.2) is 0 Å². The van der Waals surface area contributed by atoms with Crippen molar-refractivity contribution in [2.45, 2.75) is 6.92 Å². The highest BCUT2D eigenvalue weighted by Gasteiger charge is 1.90. The van der Waals surface area contributed by atoms with Crippen LogP contribution in [0.3, 0.4) is 0 Å². The van der Waals surface area contributed by atoms with E-state index in [2.05, 4.69) is 10.5 Å². The molecule has 0 aliphatic carbocycles. The van der Waals surface area contributed by atoms with Gasteiger partial charge in [0.1, 0.15) is 5.75 Å². The van der Waals surface area contributed by atoms with Gasteiger partial charge in [0, 0.05) is 6.21 Å². The molecule has 0 radical (unpaired) electrons. The average Bonchev–Trinajstić information content (AvgIpc) is 2.25. The summed E-state index contributed by atoms with van der Waals surface area (Å²) in [6.45, 7) is 1.94. The van der Waals surface area contributed by atoms with E-state index in [1.807, 2.05) is 43.3 Å². The Hall–Kier alpha value is -1.77. The monoisotopic (exact) mass is 190 g/mol. The zero-order valence-electron chi connectivity index (χ0n) is 8.40. The molecular weight excluding hydrogens is 176 g/mol. The Labute approximate surface area is 84.1 Å². The van der Waals surface area contributed by atoms with E-state index >= 15 is 0 Å². The lowest BCUT2D eigenvalue weighted by molar-refractivity contribution is 0.415. The molecule has 0 bridgehead atoms. The number of ether oxygens (including phenoxy) is 1. The molecule has 0 heterocycles. The second kappa shape index (κ2) is 5.80. The third-order valence-electron chi connectivity index (χ3n) is 1.64.